The van der Waals surface area contributed by atoms with E-state index in [9.17, 15) is 20.5 Å². The summed E-state index contributed by atoms with van der Waals surface area (Å²) in [7, 11) is 0. The molecule has 5 heteroatoms. The second-order valence-electron chi connectivity index (χ2n) is 8.37. The number of benzene rings is 2. The Balaban J connectivity index is 1.84. The van der Waals surface area contributed by atoms with Crippen LogP contribution in [0.1, 0.15) is 51.5 Å². The van der Waals surface area contributed by atoms with E-state index in [4.69, 9.17) is 0 Å². The van der Waals surface area contributed by atoms with Gasteiger partial charge in [-0.1, -0.05) is 54.1 Å². The van der Waals surface area contributed by atoms with Crippen LogP contribution in [0, 0.1) is 40.7 Å². The lowest BCUT2D eigenvalue weighted by Gasteiger charge is -2.34. The Bertz CT molecular complexity index is 1290. The van der Waals surface area contributed by atoms with Crippen molar-refractivity contribution in [3.63, 3.8) is 0 Å². The second kappa shape index (κ2) is 9.51. The SMILES string of the molecule is Cc1ccc([C@@H](CC(=O)c2cccc[n+]2[O-])[C@H]2CCc3ccccc3C2=C(C#N)C#N)cc1. The van der Waals surface area contributed by atoms with Crippen molar-refractivity contribution in [1.82, 2.24) is 0 Å². The van der Waals surface area contributed by atoms with Crippen LogP contribution in [0.4, 0.5) is 0 Å². The van der Waals surface area contributed by atoms with Crippen molar-refractivity contribution in [2.75, 3.05) is 0 Å². The first-order valence-electron chi connectivity index (χ1n) is 10.9. The Morgan fingerprint density at radius 1 is 1.06 bits per heavy atom. The van der Waals surface area contributed by atoms with Crippen molar-refractivity contribution in [1.29, 1.82) is 10.5 Å². The quantitative estimate of drug-likeness (QED) is 0.244. The van der Waals surface area contributed by atoms with Gasteiger partial charge in [-0.05, 0) is 59.9 Å². The molecule has 0 N–H and O–H groups in total. The topological polar surface area (TPSA) is 91.6 Å². The van der Waals surface area contributed by atoms with Crippen LogP contribution >= 0.6 is 0 Å². The number of carbonyl (C=O) groups excluding carboxylic acids is 1. The summed E-state index contributed by atoms with van der Waals surface area (Å²) in [5, 5.41) is 31.8. The molecule has 4 rings (SSSR count). The van der Waals surface area contributed by atoms with Gasteiger partial charge in [0.1, 0.15) is 17.7 Å². The molecule has 0 aliphatic heterocycles. The molecule has 0 saturated heterocycles. The van der Waals surface area contributed by atoms with Crippen LogP contribution < -0.4 is 4.73 Å². The third-order valence-corrected chi connectivity index (χ3v) is 6.40. The Hall–Kier alpha value is -4.22. The van der Waals surface area contributed by atoms with Crippen molar-refractivity contribution in [3.8, 4) is 12.1 Å². The van der Waals surface area contributed by atoms with Gasteiger partial charge in [-0.25, -0.2) is 0 Å². The molecule has 0 bridgehead atoms. The lowest BCUT2D eigenvalue weighted by Crippen LogP contribution is -2.35. The predicted octanol–water partition coefficient (Wildman–Crippen LogP) is 5.05. The Labute approximate surface area is 193 Å². The van der Waals surface area contributed by atoms with E-state index in [0.717, 1.165) is 28.7 Å². The molecule has 162 valence electrons. The van der Waals surface area contributed by atoms with Crippen LogP contribution in [-0.4, -0.2) is 5.78 Å². The third-order valence-electron chi connectivity index (χ3n) is 6.40. The molecular formula is C28H23N3O2. The number of aromatic nitrogens is 1. The van der Waals surface area contributed by atoms with Crippen molar-refractivity contribution >= 4 is 11.4 Å². The van der Waals surface area contributed by atoms with Crippen LogP contribution in [-0.2, 0) is 6.42 Å². The zero-order valence-corrected chi connectivity index (χ0v) is 18.4. The van der Waals surface area contributed by atoms with Gasteiger partial charge >= 0.3 is 0 Å². The Kier molecular flexibility index (Phi) is 6.33. The number of hydrogen-bond acceptors (Lipinski definition) is 4. The molecule has 2 aromatic carbocycles. The number of carbonyl (C=O) groups is 1. The molecule has 3 aromatic rings. The van der Waals surface area contributed by atoms with E-state index in [1.165, 1.54) is 12.3 Å². The van der Waals surface area contributed by atoms with Gasteiger partial charge in [0.15, 0.2) is 6.20 Å². The number of rotatable bonds is 5. The molecule has 1 aliphatic carbocycles. The summed E-state index contributed by atoms with van der Waals surface area (Å²) >= 11 is 0. The number of allylic oxidation sites excluding steroid dienone is 2. The van der Waals surface area contributed by atoms with Gasteiger partial charge in [-0.2, -0.15) is 15.3 Å². The summed E-state index contributed by atoms with van der Waals surface area (Å²) in [6.07, 6.45) is 2.92. The first-order chi connectivity index (χ1) is 16.0. The Morgan fingerprint density at radius 2 is 1.76 bits per heavy atom. The van der Waals surface area contributed by atoms with Crippen LogP contribution in [0.2, 0.25) is 0 Å². The van der Waals surface area contributed by atoms with Gasteiger partial charge in [0.05, 0.1) is 0 Å². The fourth-order valence-corrected chi connectivity index (χ4v) is 4.78. The highest BCUT2D eigenvalue weighted by atomic mass is 16.5. The van der Waals surface area contributed by atoms with Crippen LogP contribution in [0.15, 0.2) is 78.5 Å². The minimum atomic E-state index is -0.279. The maximum Gasteiger partial charge on any atom is 0.259 e. The van der Waals surface area contributed by atoms with Gasteiger partial charge in [0.2, 0.25) is 5.78 Å². The lowest BCUT2D eigenvalue weighted by molar-refractivity contribution is -0.607. The predicted molar refractivity (Wildman–Crippen MR) is 125 cm³/mol. The number of pyridine rings is 1. The lowest BCUT2D eigenvalue weighted by atomic mass is 9.68. The van der Waals surface area contributed by atoms with Crippen molar-refractivity contribution in [2.24, 2.45) is 5.92 Å². The Morgan fingerprint density at radius 3 is 2.45 bits per heavy atom. The molecular weight excluding hydrogens is 410 g/mol. The maximum absolute atomic E-state index is 13.3. The molecule has 0 amide bonds. The number of Topliss-reactive ketones (excluding diaryl/α,β-unsaturated/α-hetero) is 1. The van der Waals surface area contributed by atoms with Gasteiger partial charge in [0, 0.05) is 18.6 Å². The molecule has 1 aromatic heterocycles. The molecule has 0 unspecified atom stereocenters. The molecule has 1 aliphatic rings. The number of fused-ring (bicyclic) bond motifs is 1. The minimum absolute atomic E-state index is 0.0790. The molecule has 0 fully saturated rings. The number of ketones is 1. The molecule has 0 radical (unpaired) electrons. The van der Waals surface area contributed by atoms with Crippen LogP contribution in [0.25, 0.3) is 5.57 Å². The van der Waals surface area contributed by atoms with Crippen LogP contribution in [0.5, 0.6) is 0 Å². The fourth-order valence-electron chi connectivity index (χ4n) is 4.78. The van der Waals surface area contributed by atoms with E-state index in [0.29, 0.717) is 16.7 Å². The van der Waals surface area contributed by atoms with Gasteiger partial charge in [-0.3, -0.25) is 4.79 Å². The van der Waals surface area contributed by atoms with Crippen molar-refractivity contribution in [2.45, 2.75) is 32.1 Å². The third kappa shape index (κ3) is 4.40. The standard InChI is InChI=1S/C28H23N3O2/c1-19-9-11-21(12-10-19)25(16-27(32)26-8-4-5-15-31(26)33)24-14-13-20-6-2-3-7-23(20)28(24)22(17-29)18-30/h2-12,15,24-25H,13-14,16H2,1H3/t24-,25-/m1/s1. The molecule has 0 spiro atoms. The zero-order chi connectivity index (χ0) is 23.4. The molecule has 5 nitrogen and oxygen atoms in total. The number of nitriles is 2. The molecule has 33 heavy (non-hydrogen) atoms. The largest absolute Gasteiger partial charge is 0.618 e. The highest BCUT2D eigenvalue weighted by Gasteiger charge is 2.36. The average Bonchev–Trinajstić information content (AvgIpc) is 2.84. The van der Waals surface area contributed by atoms with E-state index in [2.05, 4.69) is 12.1 Å². The zero-order valence-electron chi connectivity index (χ0n) is 18.4. The minimum Gasteiger partial charge on any atom is -0.618 e. The number of aryl methyl sites for hydroxylation is 2. The molecule has 0 saturated carbocycles. The summed E-state index contributed by atoms with van der Waals surface area (Å²) in [6, 6.07) is 24.8. The van der Waals surface area contributed by atoms with Gasteiger partial charge in [-0.15, -0.1) is 0 Å². The molecule has 2 atom stereocenters. The van der Waals surface area contributed by atoms with Crippen molar-refractivity contribution < 1.29 is 9.52 Å². The van der Waals surface area contributed by atoms with Gasteiger partial charge < -0.3 is 5.21 Å². The smallest absolute Gasteiger partial charge is 0.259 e. The first-order valence-corrected chi connectivity index (χ1v) is 10.9. The highest BCUT2D eigenvalue weighted by Crippen LogP contribution is 2.46. The maximum atomic E-state index is 13.3. The van der Waals surface area contributed by atoms with E-state index in [-0.39, 0.29) is 35.3 Å². The summed E-state index contributed by atoms with van der Waals surface area (Å²) in [5.74, 6) is -0.743. The number of nitrogens with zero attached hydrogens (tertiary/aromatic N) is 3. The second-order valence-corrected chi connectivity index (χ2v) is 8.37. The van der Waals surface area contributed by atoms with Gasteiger partial charge in [0.25, 0.3) is 5.69 Å². The summed E-state index contributed by atoms with van der Waals surface area (Å²) < 4.78 is 0.595. The summed E-state index contributed by atoms with van der Waals surface area (Å²) in [6.45, 7) is 2.00. The first kappa shape index (κ1) is 22.0. The van der Waals surface area contributed by atoms with Crippen molar-refractivity contribution in [3.05, 3.63) is 112 Å². The van der Waals surface area contributed by atoms with E-state index in [1.807, 2.05) is 55.5 Å². The normalized spacial score (nSPS) is 15.6. The number of hydrogen-bond donors (Lipinski definition) is 0. The van der Waals surface area contributed by atoms with E-state index in [1.54, 1.807) is 12.1 Å². The van der Waals surface area contributed by atoms with E-state index >= 15 is 0 Å². The molecule has 1 heterocycles. The highest BCUT2D eigenvalue weighted by molar-refractivity contribution is 5.94. The fraction of sp³-hybridized carbons (Fsp3) is 0.214. The van der Waals surface area contributed by atoms with Crippen LogP contribution in [0.3, 0.4) is 0 Å². The monoisotopic (exact) mass is 433 g/mol. The van der Waals surface area contributed by atoms with E-state index < -0.39 is 0 Å². The average molecular weight is 434 g/mol. The summed E-state index contributed by atoms with van der Waals surface area (Å²) in [5.41, 5.74) is 4.93. The summed E-state index contributed by atoms with van der Waals surface area (Å²) in [4.78, 5) is 13.3.